The van der Waals surface area contributed by atoms with E-state index in [0.717, 1.165) is 0 Å². The Balaban J connectivity index is 2.34. The normalized spacial score (nSPS) is 32.0. The van der Waals surface area contributed by atoms with Gasteiger partial charge in [0, 0.05) is 7.05 Å². The minimum absolute atomic E-state index is 0.135. The molecule has 2 heteroatoms. The van der Waals surface area contributed by atoms with Gasteiger partial charge >= 0.3 is 0 Å². The second kappa shape index (κ2) is 2.51. The van der Waals surface area contributed by atoms with E-state index in [1.165, 1.54) is 11.1 Å². The van der Waals surface area contributed by atoms with Crippen molar-refractivity contribution >= 4 is 5.91 Å². The SMILES string of the molecule is CN1C(=O)[C@]2(C)C=C[C@@H]1c1ccccc12. The lowest BCUT2D eigenvalue weighted by Gasteiger charge is -2.46. The van der Waals surface area contributed by atoms with Gasteiger partial charge in [-0.2, -0.15) is 0 Å². The largest absolute Gasteiger partial charge is 0.334 e. The quantitative estimate of drug-likeness (QED) is 0.585. The highest BCUT2D eigenvalue weighted by Crippen LogP contribution is 2.45. The maximum Gasteiger partial charge on any atom is 0.237 e. The lowest BCUT2D eigenvalue weighted by molar-refractivity contribution is -0.137. The summed E-state index contributed by atoms with van der Waals surface area (Å²) < 4.78 is 0. The maximum atomic E-state index is 12.1. The summed E-state index contributed by atoms with van der Waals surface area (Å²) in [5, 5.41) is 0. The van der Waals surface area contributed by atoms with Crippen LogP contribution in [0.5, 0.6) is 0 Å². The zero-order valence-electron chi connectivity index (χ0n) is 8.90. The molecule has 0 saturated heterocycles. The predicted octanol–water partition coefficient (Wildman–Crippen LogP) is 2.03. The number of amides is 1. The van der Waals surface area contributed by atoms with E-state index in [1.807, 2.05) is 37.1 Å². The van der Waals surface area contributed by atoms with Gasteiger partial charge in [0.25, 0.3) is 0 Å². The molecule has 0 unspecified atom stereocenters. The first-order chi connectivity index (χ1) is 7.14. The highest BCUT2D eigenvalue weighted by molar-refractivity contribution is 5.94. The van der Waals surface area contributed by atoms with Crippen molar-refractivity contribution < 1.29 is 4.79 Å². The highest BCUT2D eigenvalue weighted by atomic mass is 16.2. The van der Waals surface area contributed by atoms with E-state index in [4.69, 9.17) is 0 Å². The third kappa shape index (κ3) is 0.870. The average molecular weight is 199 g/mol. The number of rotatable bonds is 0. The van der Waals surface area contributed by atoms with Crippen LogP contribution in [-0.2, 0) is 10.2 Å². The topological polar surface area (TPSA) is 20.3 Å². The Kier molecular flexibility index (Phi) is 1.46. The molecule has 3 aliphatic rings. The number of carbonyl (C=O) groups excluding carboxylic acids is 1. The Morgan fingerprint density at radius 2 is 2.07 bits per heavy atom. The third-order valence-corrected chi connectivity index (χ3v) is 3.63. The van der Waals surface area contributed by atoms with Gasteiger partial charge in [-0.25, -0.2) is 0 Å². The fraction of sp³-hybridized carbons (Fsp3) is 0.308. The van der Waals surface area contributed by atoms with Gasteiger partial charge in [-0.05, 0) is 18.1 Å². The summed E-state index contributed by atoms with van der Waals surface area (Å²) in [7, 11) is 1.88. The Labute approximate surface area is 89.2 Å². The second-order valence-electron chi connectivity index (χ2n) is 4.51. The van der Waals surface area contributed by atoms with E-state index in [1.54, 1.807) is 0 Å². The van der Waals surface area contributed by atoms with Gasteiger partial charge in [0.15, 0.2) is 0 Å². The summed E-state index contributed by atoms with van der Waals surface area (Å²) in [6, 6.07) is 8.36. The van der Waals surface area contributed by atoms with Gasteiger partial charge < -0.3 is 4.90 Å². The van der Waals surface area contributed by atoms with Crippen molar-refractivity contribution in [3.05, 3.63) is 47.5 Å². The summed E-state index contributed by atoms with van der Waals surface area (Å²) in [6.45, 7) is 2.00. The molecule has 1 aromatic rings. The summed E-state index contributed by atoms with van der Waals surface area (Å²) in [5.74, 6) is 0.203. The number of hydrogen-bond acceptors (Lipinski definition) is 1. The molecule has 1 aliphatic carbocycles. The summed E-state index contributed by atoms with van der Waals surface area (Å²) in [4.78, 5) is 14.0. The third-order valence-electron chi connectivity index (χ3n) is 3.63. The molecule has 2 bridgehead atoms. The lowest BCUT2D eigenvalue weighted by atomic mass is 9.69. The van der Waals surface area contributed by atoms with Gasteiger partial charge in [0.05, 0.1) is 11.5 Å². The predicted molar refractivity (Wildman–Crippen MR) is 58.4 cm³/mol. The Morgan fingerprint density at radius 3 is 2.87 bits per heavy atom. The molecular formula is C13H13NO. The molecule has 1 aromatic carbocycles. The van der Waals surface area contributed by atoms with Gasteiger partial charge in [0.2, 0.25) is 5.91 Å². The lowest BCUT2D eigenvalue weighted by Crippen LogP contribution is -2.51. The number of fused-ring (bicyclic) bond motifs is 1. The van der Waals surface area contributed by atoms with Crippen molar-refractivity contribution in [3.8, 4) is 0 Å². The minimum atomic E-state index is -0.444. The fourth-order valence-corrected chi connectivity index (χ4v) is 2.72. The number of benzene rings is 1. The molecule has 4 rings (SSSR count). The van der Waals surface area contributed by atoms with Crippen LogP contribution < -0.4 is 0 Å². The molecule has 2 nitrogen and oxygen atoms in total. The molecule has 2 atom stereocenters. The molecule has 1 amide bonds. The summed E-state index contributed by atoms with van der Waals surface area (Å²) >= 11 is 0. The van der Waals surface area contributed by atoms with Gasteiger partial charge in [-0.3, -0.25) is 4.79 Å². The van der Waals surface area contributed by atoms with E-state index in [0.29, 0.717) is 0 Å². The van der Waals surface area contributed by atoms with Crippen molar-refractivity contribution in [1.29, 1.82) is 0 Å². The van der Waals surface area contributed by atoms with E-state index in [2.05, 4.69) is 18.2 Å². The molecule has 0 fully saturated rings. The molecule has 0 saturated carbocycles. The molecule has 0 spiro atoms. The van der Waals surface area contributed by atoms with Crippen molar-refractivity contribution in [1.82, 2.24) is 4.90 Å². The van der Waals surface area contributed by atoms with Crippen LogP contribution in [0.4, 0.5) is 0 Å². The molecule has 0 radical (unpaired) electrons. The first kappa shape index (κ1) is 8.72. The smallest absolute Gasteiger partial charge is 0.237 e. The van der Waals surface area contributed by atoms with Gasteiger partial charge in [-0.1, -0.05) is 36.4 Å². The average Bonchev–Trinajstić information content (AvgIpc) is 2.26. The van der Waals surface area contributed by atoms with Crippen LogP contribution in [0.1, 0.15) is 24.1 Å². The van der Waals surface area contributed by atoms with Crippen LogP contribution >= 0.6 is 0 Å². The van der Waals surface area contributed by atoms with Crippen molar-refractivity contribution in [2.45, 2.75) is 18.4 Å². The highest BCUT2D eigenvalue weighted by Gasteiger charge is 2.47. The first-order valence-electron chi connectivity index (χ1n) is 5.20. The number of carbonyl (C=O) groups is 1. The van der Waals surface area contributed by atoms with Gasteiger partial charge in [0.1, 0.15) is 0 Å². The minimum Gasteiger partial charge on any atom is -0.334 e. The first-order valence-corrected chi connectivity index (χ1v) is 5.20. The number of likely N-dealkylation sites (N-methyl/N-ethyl adjacent to an activating group) is 1. The van der Waals surface area contributed by atoms with Crippen molar-refractivity contribution in [2.24, 2.45) is 0 Å². The number of hydrogen-bond donors (Lipinski definition) is 0. The van der Waals surface area contributed by atoms with Crippen molar-refractivity contribution in [3.63, 3.8) is 0 Å². The van der Waals surface area contributed by atoms with Crippen LogP contribution in [-0.4, -0.2) is 17.9 Å². The molecule has 0 aromatic heterocycles. The van der Waals surface area contributed by atoms with Crippen LogP contribution in [0.15, 0.2) is 36.4 Å². The Hall–Kier alpha value is -1.57. The second-order valence-corrected chi connectivity index (χ2v) is 4.51. The number of nitrogens with zero attached hydrogens (tertiary/aromatic N) is 1. The van der Waals surface area contributed by atoms with Crippen LogP contribution in [0.25, 0.3) is 0 Å². The van der Waals surface area contributed by atoms with Gasteiger partial charge in [-0.15, -0.1) is 0 Å². The molecule has 76 valence electrons. The van der Waals surface area contributed by atoms with Crippen LogP contribution in [0.2, 0.25) is 0 Å². The molecule has 2 aliphatic heterocycles. The maximum absolute atomic E-state index is 12.1. The summed E-state index contributed by atoms with van der Waals surface area (Å²) in [6.07, 6.45) is 4.17. The molecule has 15 heavy (non-hydrogen) atoms. The van der Waals surface area contributed by atoms with E-state index >= 15 is 0 Å². The fourth-order valence-electron chi connectivity index (χ4n) is 2.72. The molecule has 0 N–H and O–H groups in total. The zero-order chi connectivity index (χ0) is 10.6. The van der Waals surface area contributed by atoms with Crippen LogP contribution in [0, 0.1) is 0 Å². The monoisotopic (exact) mass is 199 g/mol. The van der Waals surface area contributed by atoms with Crippen LogP contribution in [0.3, 0.4) is 0 Å². The van der Waals surface area contributed by atoms with E-state index < -0.39 is 5.41 Å². The van der Waals surface area contributed by atoms with E-state index in [9.17, 15) is 4.79 Å². The standard InChI is InChI=1S/C13H13NO/c1-13-8-7-11(14(2)12(13)15)9-5-3-4-6-10(9)13/h3-8,11H,1-2H3/t11-,13-/m1/s1. The van der Waals surface area contributed by atoms with E-state index in [-0.39, 0.29) is 11.9 Å². The Morgan fingerprint density at radius 1 is 1.33 bits per heavy atom. The summed E-state index contributed by atoms with van der Waals surface area (Å²) in [5.41, 5.74) is 1.99. The molecular weight excluding hydrogens is 186 g/mol. The van der Waals surface area contributed by atoms with Crippen molar-refractivity contribution in [2.75, 3.05) is 7.05 Å². The zero-order valence-corrected chi connectivity index (χ0v) is 8.90. The Bertz CT molecular complexity index is 477. The molecule has 2 heterocycles.